The van der Waals surface area contributed by atoms with Gasteiger partial charge < -0.3 is 0 Å². The van der Waals surface area contributed by atoms with Crippen LogP contribution in [-0.4, -0.2) is 0 Å². The monoisotopic (exact) mass is 238 g/mol. The second kappa shape index (κ2) is 5.33. The first-order chi connectivity index (χ1) is 7.73. The quantitative estimate of drug-likeness (QED) is 0.517. The Hall–Kier alpha value is 0. The maximum Gasteiger partial charge on any atom is -0.0266 e. The zero-order valence-electron chi connectivity index (χ0n) is 13.3. The van der Waals surface area contributed by atoms with Gasteiger partial charge in [0.15, 0.2) is 0 Å². The predicted octanol–water partition coefficient (Wildman–Crippen LogP) is 5.91. The fraction of sp³-hybridized carbons (Fsp3) is 1.00. The molecule has 0 aliphatic heterocycles. The topological polar surface area (TPSA) is 0 Å². The zero-order valence-corrected chi connectivity index (χ0v) is 13.3. The molecule has 0 nitrogen and oxygen atoms in total. The first kappa shape index (κ1) is 15.1. The molecule has 1 saturated carbocycles. The molecule has 0 radical (unpaired) electrons. The molecule has 1 fully saturated rings. The summed E-state index contributed by atoms with van der Waals surface area (Å²) in [5.41, 5.74) is 1.23. The highest BCUT2D eigenvalue weighted by atomic mass is 14.6. The molecule has 0 bridgehead atoms. The highest BCUT2D eigenvalue weighted by Gasteiger charge is 2.53. The van der Waals surface area contributed by atoms with E-state index < -0.39 is 0 Å². The van der Waals surface area contributed by atoms with Gasteiger partial charge in [0.1, 0.15) is 0 Å². The molecule has 1 rings (SSSR count). The summed E-state index contributed by atoms with van der Waals surface area (Å²) >= 11 is 0. The Bertz CT molecular complexity index is 238. The molecule has 0 saturated heterocycles. The van der Waals surface area contributed by atoms with Crippen LogP contribution in [0.2, 0.25) is 0 Å². The van der Waals surface area contributed by atoms with E-state index in [1.54, 1.807) is 0 Å². The summed E-state index contributed by atoms with van der Waals surface area (Å²) in [4.78, 5) is 0. The van der Waals surface area contributed by atoms with Crippen molar-refractivity contribution in [2.24, 2.45) is 28.6 Å². The largest absolute Gasteiger partial charge is 0.0649 e. The van der Waals surface area contributed by atoms with Crippen molar-refractivity contribution in [3.05, 3.63) is 0 Å². The van der Waals surface area contributed by atoms with Crippen LogP contribution in [0, 0.1) is 28.6 Å². The van der Waals surface area contributed by atoms with Crippen molar-refractivity contribution in [2.45, 2.75) is 80.6 Å². The van der Waals surface area contributed by atoms with E-state index in [1.807, 2.05) is 0 Å². The molecule has 0 heteroatoms. The lowest BCUT2D eigenvalue weighted by molar-refractivity contribution is 0.250. The molecule has 0 amide bonds. The number of rotatable bonds is 7. The molecule has 1 aliphatic carbocycles. The summed E-state index contributed by atoms with van der Waals surface area (Å²) in [6.07, 6.45) is 7.04. The van der Waals surface area contributed by atoms with E-state index in [0.717, 1.165) is 17.8 Å². The first-order valence-electron chi connectivity index (χ1n) is 7.73. The second-order valence-corrected chi connectivity index (χ2v) is 7.87. The van der Waals surface area contributed by atoms with E-state index in [1.165, 1.54) is 32.1 Å². The van der Waals surface area contributed by atoms with E-state index in [0.29, 0.717) is 10.8 Å². The lowest BCUT2D eigenvalue weighted by atomic mass is 9.80. The lowest BCUT2D eigenvalue weighted by Crippen LogP contribution is -2.15. The second-order valence-electron chi connectivity index (χ2n) is 7.87. The third-order valence-corrected chi connectivity index (χ3v) is 5.72. The Morgan fingerprint density at radius 2 is 1.82 bits per heavy atom. The highest BCUT2D eigenvalue weighted by molar-refractivity contribution is 5.02. The summed E-state index contributed by atoms with van der Waals surface area (Å²) in [7, 11) is 0. The van der Waals surface area contributed by atoms with Gasteiger partial charge in [-0.15, -0.1) is 0 Å². The Labute approximate surface area is 110 Å². The van der Waals surface area contributed by atoms with E-state index in [4.69, 9.17) is 0 Å². The van der Waals surface area contributed by atoms with Crippen LogP contribution in [0.1, 0.15) is 80.6 Å². The van der Waals surface area contributed by atoms with Gasteiger partial charge in [0, 0.05) is 0 Å². The van der Waals surface area contributed by atoms with Crippen molar-refractivity contribution >= 4 is 0 Å². The minimum atomic E-state index is 0.557. The molecule has 0 aromatic heterocycles. The van der Waals surface area contributed by atoms with Crippen LogP contribution in [0.4, 0.5) is 0 Å². The van der Waals surface area contributed by atoms with Gasteiger partial charge in [-0.05, 0) is 41.4 Å². The summed E-state index contributed by atoms with van der Waals surface area (Å²) in [5.74, 6) is 2.80. The van der Waals surface area contributed by atoms with Crippen LogP contribution >= 0.6 is 0 Å². The van der Waals surface area contributed by atoms with E-state index >= 15 is 0 Å². The maximum atomic E-state index is 2.52. The number of hydrogen-bond acceptors (Lipinski definition) is 0. The van der Waals surface area contributed by atoms with Crippen LogP contribution in [0.25, 0.3) is 0 Å². The summed E-state index contributed by atoms with van der Waals surface area (Å²) in [5, 5.41) is 0. The van der Waals surface area contributed by atoms with Crippen LogP contribution in [0.15, 0.2) is 0 Å². The first-order valence-corrected chi connectivity index (χ1v) is 7.73. The van der Waals surface area contributed by atoms with Gasteiger partial charge >= 0.3 is 0 Å². The molecule has 0 aromatic carbocycles. The molecule has 0 aromatic rings. The molecule has 1 aliphatic rings. The molecule has 0 N–H and O–H groups in total. The Kier molecular flexibility index (Phi) is 4.72. The molecule has 3 unspecified atom stereocenters. The maximum absolute atomic E-state index is 2.52. The molecule has 17 heavy (non-hydrogen) atoms. The average Bonchev–Trinajstić information content (AvgIpc) is 2.92. The van der Waals surface area contributed by atoms with Crippen molar-refractivity contribution < 1.29 is 0 Å². The SMILES string of the molecule is CCC(C)(C)CCCC(C)C1(C)CC1C(C)C. The number of hydrogen-bond donors (Lipinski definition) is 0. The average molecular weight is 238 g/mol. The third-order valence-electron chi connectivity index (χ3n) is 5.72. The summed E-state index contributed by atoms with van der Waals surface area (Å²) in [6, 6.07) is 0. The fourth-order valence-corrected chi connectivity index (χ4v) is 3.37. The molecule has 0 spiro atoms. The van der Waals surface area contributed by atoms with Crippen LogP contribution in [0.3, 0.4) is 0 Å². The van der Waals surface area contributed by atoms with Crippen molar-refractivity contribution in [2.75, 3.05) is 0 Å². The van der Waals surface area contributed by atoms with Gasteiger partial charge in [0.25, 0.3) is 0 Å². The minimum absolute atomic E-state index is 0.557. The lowest BCUT2D eigenvalue weighted by Gasteiger charge is -2.26. The Morgan fingerprint density at radius 1 is 1.24 bits per heavy atom. The molecular formula is C17H34. The standard InChI is InChI=1S/C17H34/c1-8-16(5,6)11-9-10-14(4)17(7)12-15(17)13(2)3/h13-15H,8-12H2,1-7H3. The van der Waals surface area contributed by atoms with Crippen molar-refractivity contribution in [1.29, 1.82) is 0 Å². The van der Waals surface area contributed by atoms with Crippen molar-refractivity contribution in [1.82, 2.24) is 0 Å². The fourth-order valence-electron chi connectivity index (χ4n) is 3.37. The van der Waals surface area contributed by atoms with Crippen LogP contribution in [-0.2, 0) is 0 Å². The minimum Gasteiger partial charge on any atom is -0.0649 e. The van der Waals surface area contributed by atoms with Gasteiger partial charge in [-0.1, -0.05) is 67.7 Å². The van der Waals surface area contributed by atoms with Crippen molar-refractivity contribution in [3.63, 3.8) is 0 Å². The molecular weight excluding hydrogens is 204 g/mol. The van der Waals surface area contributed by atoms with E-state index in [-0.39, 0.29) is 0 Å². The van der Waals surface area contributed by atoms with Crippen molar-refractivity contribution in [3.8, 4) is 0 Å². The van der Waals surface area contributed by atoms with E-state index in [2.05, 4.69) is 48.5 Å². The Morgan fingerprint density at radius 3 is 2.24 bits per heavy atom. The van der Waals surface area contributed by atoms with Gasteiger partial charge in [-0.2, -0.15) is 0 Å². The third kappa shape index (κ3) is 3.73. The smallest absolute Gasteiger partial charge is 0.0266 e. The van der Waals surface area contributed by atoms with Crippen LogP contribution < -0.4 is 0 Å². The Balaban J connectivity index is 2.30. The normalized spacial score (nSPS) is 30.7. The van der Waals surface area contributed by atoms with Gasteiger partial charge in [0.2, 0.25) is 0 Å². The highest BCUT2D eigenvalue weighted by Crippen LogP contribution is 2.61. The predicted molar refractivity (Wildman–Crippen MR) is 78.1 cm³/mol. The summed E-state index contributed by atoms with van der Waals surface area (Å²) in [6.45, 7) is 16.9. The van der Waals surface area contributed by atoms with Crippen LogP contribution in [0.5, 0.6) is 0 Å². The molecule has 3 atom stereocenters. The summed E-state index contributed by atoms with van der Waals surface area (Å²) < 4.78 is 0. The van der Waals surface area contributed by atoms with E-state index in [9.17, 15) is 0 Å². The molecule has 102 valence electrons. The van der Waals surface area contributed by atoms with Gasteiger partial charge in [-0.25, -0.2) is 0 Å². The van der Waals surface area contributed by atoms with Gasteiger partial charge in [-0.3, -0.25) is 0 Å². The zero-order chi connectivity index (χ0) is 13.3. The molecule has 0 heterocycles. The van der Waals surface area contributed by atoms with Gasteiger partial charge in [0.05, 0.1) is 0 Å².